The number of nitrogens with zero attached hydrogens (tertiary/aromatic N) is 5. The van der Waals surface area contributed by atoms with Crippen LogP contribution in [0.5, 0.6) is 0 Å². The second-order valence-corrected chi connectivity index (χ2v) is 5.58. The van der Waals surface area contributed by atoms with Gasteiger partial charge in [-0.25, -0.2) is 9.37 Å². The standard InChI is InChI=1S/C16H15FN6O3/c1-21-8-6-18-16(21)15(11-3-2-4-12(17)9-11)19-14(24)10-22-7-5-13(20-22)23(25)26/h2-9,15H,10H2,1H3,(H,19,24). The molecule has 26 heavy (non-hydrogen) atoms. The molecule has 134 valence electrons. The third-order valence-corrected chi connectivity index (χ3v) is 3.72. The Morgan fingerprint density at radius 1 is 1.38 bits per heavy atom. The molecule has 3 aromatic rings. The van der Waals surface area contributed by atoms with Gasteiger partial charge in [-0.15, -0.1) is 0 Å². The number of halogens is 1. The van der Waals surface area contributed by atoms with Gasteiger partial charge in [-0.3, -0.25) is 4.79 Å². The van der Waals surface area contributed by atoms with Crippen LogP contribution in [-0.4, -0.2) is 30.2 Å². The number of nitrogens with one attached hydrogen (secondary N) is 1. The van der Waals surface area contributed by atoms with E-state index in [0.29, 0.717) is 11.4 Å². The van der Waals surface area contributed by atoms with Crippen molar-refractivity contribution in [2.24, 2.45) is 7.05 Å². The maximum atomic E-state index is 13.6. The normalized spacial score (nSPS) is 11.9. The minimum atomic E-state index is -0.677. The molecule has 1 unspecified atom stereocenters. The number of amides is 1. The lowest BCUT2D eigenvalue weighted by Crippen LogP contribution is -2.33. The molecule has 0 aliphatic heterocycles. The van der Waals surface area contributed by atoms with E-state index in [1.807, 2.05) is 0 Å². The van der Waals surface area contributed by atoms with Crippen LogP contribution >= 0.6 is 0 Å². The zero-order valence-corrected chi connectivity index (χ0v) is 13.7. The molecule has 1 atom stereocenters. The van der Waals surface area contributed by atoms with Crippen LogP contribution in [0.4, 0.5) is 10.2 Å². The molecular formula is C16H15FN6O3. The Morgan fingerprint density at radius 2 is 2.19 bits per heavy atom. The minimum absolute atomic E-state index is 0.218. The van der Waals surface area contributed by atoms with Gasteiger partial charge in [0.25, 0.3) is 0 Å². The van der Waals surface area contributed by atoms with E-state index in [4.69, 9.17) is 0 Å². The van der Waals surface area contributed by atoms with Gasteiger partial charge >= 0.3 is 5.82 Å². The number of imidazole rings is 1. The molecule has 10 heteroatoms. The monoisotopic (exact) mass is 358 g/mol. The Balaban J connectivity index is 1.82. The van der Waals surface area contributed by atoms with Gasteiger partial charge in [-0.05, 0) is 22.6 Å². The van der Waals surface area contributed by atoms with Crippen LogP contribution in [0.15, 0.2) is 48.9 Å². The van der Waals surface area contributed by atoms with Gasteiger partial charge in [-0.2, -0.15) is 4.68 Å². The molecule has 1 amide bonds. The van der Waals surface area contributed by atoms with Crippen LogP contribution in [0.2, 0.25) is 0 Å². The molecule has 3 rings (SSSR count). The van der Waals surface area contributed by atoms with Gasteiger partial charge in [0.1, 0.15) is 24.2 Å². The summed E-state index contributed by atoms with van der Waals surface area (Å²) in [4.78, 5) is 26.6. The van der Waals surface area contributed by atoms with Gasteiger partial charge in [0.05, 0.1) is 17.4 Å². The fraction of sp³-hybridized carbons (Fsp3) is 0.188. The van der Waals surface area contributed by atoms with Gasteiger partial charge < -0.3 is 20.0 Å². The maximum absolute atomic E-state index is 13.6. The molecule has 1 aromatic carbocycles. The number of carbonyl (C=O) groups is 1. The number of nitro groups is 1. The summed E-state index contributed by atoms with van der Waals surface area (Å²) in [5.41, 5.74) is 0.527. The number of rotatable bonds is 6. The van der Waals surface area contributed by atoms with Gasteiger partial charge in [0.15, 0.2) is 0 Å². The fourth-order valence-corrected chi connectivity index (χ4v) is 2.53. The molecule has 2 aromatic heterocycles. The molecule has 2 heterocycles. The highest BCUT2D eigenvalue weighted by Crippen LogP contribution is 2.21. The number of aryl methyl sites for hydroxylation is 1. The zero-order chi connectivity index (χ0) is 18.7. The van der Waals surface area contributed by atoms with Crippen LogP contribution in [0.1, 0.15) is 17.4 Å². The largest absolute Gasteiger partial charge is 0.389 e. The second kappa shape index (κ2) is 7.13. The Hall–Kier alpha value is -3.56. The van der Waals surface area contributed by atoms with Crippen LogP contribution in [0.3, 0.4) is 0 Å². The highest BCUT2D eigenvalue weighted by molar-refractivity contribution is 5.76. The molecule has 0 aliphatic rings. The van der Waals surface area contributed by atoms with E-state index in [2.05, 4.69) is 15.4 Å². The minimum Gasteiger partial charge on any atom is -0.358 e. The number of benzene rings is 1. The van der Waals surface area contributed by atoms with Gasteiger partial charge in [-0.1, -0.05) is 12.1 Å². The van der Waals surface area contributed by atoms with Crippen LogP contribution < -0.4 is 5.32 Å². The van der Waals surface area contributed by atoms with Crippen molar-refractivity contribution in [2.45, 2.75) is 12.6 Å². The zero-order valence-electron chi connectivity index (χ0n) is 13.7. The highest BCUT2D eigenvalue weighted by Gasteiger charge is 2.22. The smallest absolute Gasteiger partial charge is 0.358 e. The summed E-state index contributed by atoms with van der Waals surface area (Å²) in [6.45, 7) is -0.218. The summed E-state index contributed by atoms with van der Waals surface area (Å²) in [6.07, 6.45) is 4.63. The van der Waals surface area contributed by atoms with Crippen LogP contribution in [0, 0.1) is 15.9 Å². The first-order chi connectivity index (χ1) is 12.4. The first kappa shape index (κ1) is 17.3. The summed E-state index contributed by atoms with van der Waals surface area (Å²) in [7, 11) is 1.76. The predicted octanol–water partition coefficient (Wildman–Crippen LogP) is 1.57. The molecule has 0 aliphatic carbocycles. The summed E-state index contributed by atoms with van der Waals surface area (Å²) in [5, 5.41) is 17.1. The average Bonchev–Trinajstić information content (AvgIpc) is 3.22. The maximum Gasteiger partial charge on any atom is 0.389 e. The molecule has 0 spiro atoms. The molecule has 0 fully saturated rings. The summed E-state index contributed by atoms with van der Waals surface area (Å²) in [5.74, 6) is -0.696. The Morgan fingerprint density at radius 3 is 2.81 bits per heavy atom. The third-order valence-electron chi connectivity index (χ3n) is 3.72. The molecular weight excluding hydrogens is 343 g/mol. The average molecular weight is 358 g/mol. The van der Waals surface area contributed by atoms with Crippen LogP contribution in [-0.2, 0) is 18.4 Å². The van der Waals surface area contributed by atoms with Crippen LogP contribution in [0.25, 0.3) is 0 Å². The van der Waals surface area contributed by atoms with Crippen molar-refractivity contribution in [3.63, 3.8) is 0 Å². The number of hydrogen-bond donors (Lipinski definition) is 1. The second-order valence-electron chi connectivity index (χ2n) is 5.58. The number of hydrogen-bond acceptors (Lipinski definition) is 5. The molecule has 0 saturated carbocycles. The van der Waals surface area contributed by atoms with Crippen molar-refractivity contribution in [1.29, 1.82) is 0 Å². The molecule has 1 N–H and O–H groups in total. The van der Waals surface area contributed by atoms with E-state index in [9.17, 15) is 19.3 Å². The van der Waals surface area contributed by atoms with E-state index < -0.39 is 22.7 Å². The van der Waals surface area contributed by atoms with Crippen molar-refractivity contribution in [3.8, 4) is 0 Å². The molecule has 0 bridgehead atoms. The molecule has 0 radical (unpaired) electrons. The number of aromatic nitrogens is 4. The van der Waals surface area contributed by atoms with Gasteiger partial charge in [0, 0.05) is 19.4 Å². The number of carbonyl (C=O) groups excluding carboxylic acids is 1. The van der Waals surface area contributed by atoms with E-state index in [1.165, 1.54) is 24.4 Å². The van der Waals surface area contributed by atoms with Crippen molar-refractivity contribution >= 4 is 11.7 Å². The van der Waals surface area contributed by atoms with Gasteiger partial charge in [0.2, 0.25) is 5.91 Å². The fourth-order valence-electron chi connectivity index (χ4n) is 2.53. The molecule has 9 nitrogen and oxygen atoms in total. The van der Waals surface area contributed by atoms with E-state index in [-0.39, 0.29) is 12.4 Å². The Bertz CT molecular complexity index is 951. The van der Waals surface area contributed by atoms with Crippen molar-refractivity contribution in [1.82, 2.24) is 24.6 Å². The Labute approximate surface area is 147 Å². The quantitative estimate of drug-likeness (QED) is 0.531. The first-order valence-electron chi connectivity index (χ1n) is 7.64. The first-order valence-corrected chi connectivity index (χ1v) is 7.64. The van der Waals surface area contributed by atoms with Crippen molar-refractivity contribution in [2.75, 3.05) is 0 Å². The topological polar surface area (TPSA) is 108 Å². The van der Waals surface area contributed by atoms with E-state index >= 15 is 0 Å². The SMILES string of the molecule is Cn1ccnc1C(NC(=O)Cn1ccc([N+](=O)[O-])n1)c1cccc(F)c1. The summed E-state index contributed by atoms with van der Waals surface area (Å²) >= 11 is 0. The lowest BCUT2D eigenvalue weighted by atomic mass is 10.1. The third kappa shape index (κ3) is 3.74. The molecule has 0 saturated heterocycles. The lowest BCUT2D eigenvalue weighted by Gasteiger charge is -2.19. The highest BCUT2D eigenvalue weighted by atomic mass is 19.1. The van der Waals surface area contributed by atoms with E-state index in [0.717, 1.165) is 4.68 Å². The Kier molecular flexibility index (Phi) is 4.74. The predicted molar refractivity (Wildman–Crippen MR) is 88.5 cm³/mol. The van der Waals surface area contributed by atoms with Crippen molar-refractivity contribution < 1.29 is 14.1 Å². The lowest BCUT2D eigenvalue weighted by molar-refractivity contribution is -0.389. The summed E-state index contributed by atoms with van der Waals surface area (Å²) in [6, 6.07) is 6.38. The van der Waals surface area contributed by atoms with Crippen molar-refractivity contribution in [3.05, 3.63) is 76.2 Å². The summed E-state index contributed by atoms with van der Waals surface area (Å²) < 4.78 is 16.5. The van der Waals surface area contributed by atoms with E-state index in [1.54, 1.807) is 36.1 Å².